The van der Waals surface area contributed by atoms with Crippen molar-refractivity contribution in [1.29, 1.82) is 0 Å². The molecule has 1 amide bonds. The summed E-state index contributed by atoms with van der Waals surface area (Å²) in [4.78, 5) is 14.0. The smallest absolute Gasteiger partial charge is 0.301 e. The predicted octanol–water partition coefficient (Wildman–Crippen LogP) is 2.11. The maximum atomic E-state index is 11.6. The molecule has 5 nitrogen and oxygen atoms in total. The Kier molecular flexibility index (Phi) is 3.86. The molecule has 2 heterocycles. The third-order valence-corrected chi connectivity index (χ3v) is 4.22. The predicted molar refractivity (Wildman–Crippen MR) is 76.9 cm³/mol. The Bertz CT molecular complexity index is 575. The summed E-state index contributed by atoms with van der Waals surface area (Å²) in [6, 6.07) is 4.59. The number of nitrogens with two attached hydrogens (primary N) is 1. The number of carbonyl (C=O) groups excluding carboxylic acids is 1. The van der Waals surface area contributed by atoms with E-state index in [1.807, 2.05) is 6.07 Å². The van der Waals surface area contributed by atoms with Crippen molar-refractivity contribution in [3.63, 3.8) is 0 Å². The third kappa shape index (κ3) is 2.92. The molecule has 0 bridgehead atoms. The highest BCUT2D eigenvalue weighted by Gasteiger charge is 2.30. The molecule has 6 heteroatoms. The number of amides is 1. The van der Waals surface area contributed by atoms with E-state index >= 15 is 0 Å². The van der Waals surface area contributed by atoms with Crippen LogP contribution in [0, 0.1) is 0 Å². The van der Waals surface area contributed by atoms with Crippen LogP contribution in [-0.4, -0.2) is 16.8 Å². The highest BCUT2D eigenvalue weighted by Crippen LogP contribution is 2.30. The summed E-state index contributed by atoms with van der Waals surface area (Å²) in [6.07, 6.45) is 3.98. The number of nitrogens with one attached hydrogen (secondary N) is 1. The van der Waals surface area contributed by atoms with Crippen LogP contribution in [0.15, 0.2) is 33.6 Å². The zero-order valence-electron chi connectivity index (χ0n) is 11.0. The summed E-state index contributed by atoms with van der Waals surface area (Å²) in [5.41, 5.74) is 4.32. The summed E-state index contributed by atoms with van der Waals surface area (Å²) in [7, 11) is 0. The van der Waals surface area contributed by atoms with Gasteiger partial charge in [-0.05, 0) is 41.3 Å². The van der Waals surface area contributed by atoms with Crippen molar-refractivity contribution in [1.82, 2.24) is 10.3 Å². The molecule has 0 aliphatic heterocycles. The number of nitrogen functional groups attached to an aromatic ring is 1. The largest absolute Gasteiger partial charge is 0.459 e. The van der Waals surface area contributed by atoms with Crippen LogP contribution in [0.5, 0.6) is 0 Å². The van der Waals surface area contributed by atoms with E-state index in [0.717, 1.165) is 12.1 Å². The molecule has 3 N–H and O–H groups in total. The average molecular weight is 291 g/mol. The first-order valence-electron chi connectivity index (χ1n) is 6.60. The minimum absolute atomic E-state index is 0.309. The molecule has 2 aromatic rings. The van der Waals surface area contributed by atoms with Crippen LogP contribution in [0.1, 0.15) is 34.5 Å². The molecule has 1 aliphatic carbocycles. The molecule has 0 unspecified atom stereocenters. The number of hydrogen-bond donors (Lipinski definition) is 2. The number of nitrogens with zero attached hydrogens (tertiary/aromatic N) is 1. The molecule has 0 saturated heterocycles. The van der Waals surface area contributed by atoms with E-state index in [0.29, 0.717) is 18.3 Å². The lowest BCUT2D eigenvalue weighted by Crippen LogP contribution is -2.31. The van der Waals surface area contributed by atoms with Gasteiger partial charge in [0.25, 0.3) is 0 Å². The van der Waals surface area contributed by atoms with Crippen molar-refractivity contribution in [2.45, 2.75) is 32.0 Å². The Morgan fingerprint density at radius 3 is 2.95 bits per heavy atom. The number of rotatable bonds is 6. The second kappa shape index (κ2) is 5.78. The molecule has 1 aliphatic rings. The topological polar surface area (TPSA) is 71.5 Å². The first-order valence-corrected chi connectivity index (χ1v) is 7.54. The van der Waals surface area contributed by atoms with E-state index in [9.17, 15) is 4.79 Å². The van der Waals surface area contributed by atoms with Gasteiger partial charge in [-0.2, -0.15) is 11.3 Å². The quantitative estimate of drug-likeness (QED) is 0.486. The molecule has 1 fully saturated rings. The van der Waals surface area contributed by atoms with Crippen molar-refractivity contribution in [2.75, 3.05) is 0 Å². The molecule has 3 rings (SSSR count). The van der Waals surface area contributed by atoms with Gasteiger partial charge in [0, 0.05) is 24.7 Å². The van der Waals surface area contributed by atoms with E-state index in [-0.39, 0.29) is 5.91 Å². The lowest BCUT2D eigenvalue weighted by molar-refractivity contribution is 0.0922. The van der Waals surface area contributed by atoms with Crippen molar-refractivity contribution in [3.8, 4) is 0 Å². The van der Waals surface area contributed by atoms with E-state index in [2.05, 4.69) is 27.2 Å². The highest BCUT2D eigenvalue weighted by molar-refractivity contribution is 7.07. The summed E-state index contributed by atoms with van der Waals surface area (Å²) in [5, 5.41) is 4.25. The number of thiophene rings is 1. The van der Waals surface area contributed by atoms with Crippen LogP contribution >= 0.6 is 11.3 Å². The van der Waals surface area contributed by atoms with Crippen molar-refractivity contribution in [2.24, 2.45) is 5.84 Å². The van der Waals surface area contributed by atoms with Gasteiger partial charge in [0.2, 0.25) is 0 Å². The minimum Gasteiger partial charge on any atom is -0.459 e. The summed E-state index contributed by atoms with van der Waals surface area (Å²) >= 11 is 1.71. The molecule has 0 atom stereocenters. The van der Waals surface area contributed by atoms with E-state index in [4.69, 9.17) is 10.3 Å². The number of carbonyl (C=O) groups is 1. The SMILES string of the molecule is NNC(=O)c1occc1CN(Cc1ccsc1)C1CC1. The van der Waals surface area contributed by atoms with Crippen molar-refractivity contribution >= 4 is 17.2 Å². The van der Waals surface area contributed by atoms with Gasteiger partial charge in [0.1, 0.15) is 0 Å². The Balaban J connectivity index is 1.73. The fourth-order valence-electron chi connectivity index (χ4n) is 2.31. The van der Waals surface area contributed by atoms with Crippen molar-refractivity contribution in [3.05, 3.63) is 46.0 Å². The van der Waals surface area contributed by atoms with Crippen LogP contribution in [0.4, 0.5) is 0 Å². The van der Waals surface area contributed by atoms with E-state index < -0.39 is 0 Å². The van der Waals surface area contributed by atoms with E-state index in [1.54, 1.807) is 11.3 Å². The van der Waals surface area contributed by atoms with Crippen molar-refractivity contribution < 1.29 is 9.21 Å². The normalized spacial score (nSPS) is 14.7. The molecule has 1 saturated carbocycles. The molecule has 0 aromatic carbocycles. The van der Waals surface area contributed by atoms with Gasteiger partial charge in [-0.1, -0.05) is 0 Å². The Labute approximate surface area is 121 Å². The zero-order chi connectivity index (χ0) is 13.9. The molecule has 106 valence electrons. The number of hydrazine groups is 1. The molecular formula is C14H17N3O2S. The third-order valence-electron chi connectivity index (χ3n) is 3.49. The molecule has 2 aromatic heterocycles. The molecule has 20 heavy (non-hydrogen) atoms. The van der Waals surface area contributed by atoms with Crippen LogP contribution in [-0.2, 0) is 13.1 Å². The first kappa shape index (κ1) is 13.4. The summed E-state index contributed by atoms with van der Waals surface area (Å²) in [5.74, 6) is 5.10. The Morgan fingerprint density at radius 2 is 2.30 bits per heavy atom. The summed E-state index contributed by atoms with van der Waals surface area (Å²) < 4.78 is 5.24. The van der Waals surface area contributed by atoms with Crippen LogP contribution < -0.4 is 11.3 Å². The standard InChI is InChI=1S/C14H17N3O2S/c15-16-14(18)13-11(3-5-19-13)8-17(12-1-2-12)7-10-4-6-20-9-10/h3-6,9,12H,1-2,7-8,15H2,(H,16,18). The van der Waals surface area contributed by atoms with Gasteiger partial charge >= 0.3 is 5.91 Å². The van der Waals surface area contributed by atoms with Gasteiger partial charge in [0.05, 0.1) is 6.26 Å². The van der Waals surface area contributed by atoms with Crippen LogP contribution in [0.3, 0.4) is 0 Å². The second-order valence-corrected chi connectivity index (χ2v) is 5.80. The fourth-order valence-corrected chi connectivity index (χ4v) is 2.97. The van der Waals surface area contributed by atoms with E-state index in [1.165, 1.54) is 24.7 Å². The molecular weight excluding hydrogens is 274 g/mol. The second-order valence-electron chi connectivity index (χ2n) is 5.02. The minimum atomic E-state index is -0.378. The van der Waals surface area contributed by atoms with Gasteiger partial charge in [-0.3, -0.25) is 15.1 Å². The summed E-state index contributed by atoms with van der Waals surface area (Å²) in [6.45, 7) is 1.61. The lowest BCUT2D eigenvalue weighted by atomic mass is 10.2. The van der Waals surface area contributed by atoms with Gasteiger partial charge in [-0.15, -0.1) is 0 Å². The Hall–Kier alpha value is -1.63. The molecule has 0 spiro atoms. The number of furan rings is 1. The first-order chi connectivity index (χ1) is 9.78. The monoisotopic (exact) mass is 291 g/mol. The zero-order valence-corrected chi connectivity index (χ0v) is 11.9. The van der Waals surface area contributed by atoms with Gasteiger partial charge < -0.3 is 4.42 Å². The van der Waals surface area contributed by atoms with Gasteiger partial charge in [-0.25, -0.2) is 5.84 Å². The van der Waals surface area contributed by atoms with Crippen LogP contribution in [0.25, 0.3) is 0 Å². The lowest BCUT2D eigenvalue weighted by Gasteiger charge is -2.21. The highest BCUT2D eigenvalue weighted by atomic mass is 32.1. The average Bonchev–Trinajstić information content (AvgIpc) is 2.99. The molecule has 0 radical (unpaired) electrons. The number of hydrogen-bond acceptors (Lipinski definition) is 5. The van der Waals surface area contributed by atoms with Gasteiger partial charge in [0.15, 0.2) is 5.76 Å². The fraction of sp³-hybridized carbons (Fsp3) is 0.357. The maximum absolute atomic E-state index is 11.6. The Morgan fingerprint density at radius 1 is 1.45 bits per heavy atom. The van der Waals surface area contributed by atoms with Crippen LogP contribution in [0.2, 0.25) is 0 Å². The maximum Gasteiger partial charge on any atom is 0.301 e.